The highest BCUT2D eigenvalue weighted by Gasteiger charge is 2.12. The molecule has 1 saturated heterocycles. The van der Waals surface area contributed by atoms with Crippen molar-refractivity contribution in [2.75, 3.05) is 26.7 Å². The second-order valence-corrected chi connectivity index (χ2v) is 5.61. The van der Waals surface area contributed by atoms with E-state index in [0.717, 1.165) is 43.7 Å². The zero-order chi connectivity index (χ0) is 16.5. The first-order chi connectivity index (χ1) is 11.2. The Morgan fingerprint density at radius 1 is 1.30 bits per heavy atom. The molecule has 1 aliphatic heterocycles. The number of rotatable bonds is 6. The number of nitrogens with zero attached hydrogens (tertiary/aromatic N) is 2. The van der Waals surface area contributed by atoms with Crippen LogP contribution in [0.1, 0.15) is 24.8 Å². The quantitative estimate of drug-likeness (QED) is 0.646. The van der Waals surface area contributed by atoms with Crippen molar-refractivity contribution in [2.45, 2.75) is 25.7 Å². The lowest BCUT2D eigenvalue weighted by atomic mass is 10.1. The van der Waals surface area contributed by atoms with Gasteiger partial charge in [0.05, 0.1) is 7.11 Å². The summed E-state index contributed by atoms with van der Waals surface area (Å²) in [5.74, 6) is 0.514. The molecule has 0 radical (unpaired) electrons. The van der Waals surface area contributed by atoms with Crippen LogP contribution in [0.25, 0.3) is 0 Å². The molecule has 23 heavy (non-hydrogen) atoms. The molecule has 1 aromatic rings. The van der Waals surface area contributed by atoms with E-state index in [-0.39, 0.29) is 11.5 Å². The van der Waals surface area contributed by atoms with E-state index in [0.29, 0.717) is 6.54 Å². The summed E-state index contributed by atoms with van der Waals surface area (Å²) in [5, 5.41) is 12.0. The first kappa shape index (κ1) is 16.9. The SMILES string of the molecule is COc1ccc(CCNC(=O)/C(C#N)=C\N2CCCCC2)cc1. The van der Waals surface area contributed by atoms with Gasteiger partial charge in [0.15, 0.2) is 0 Å². The number of nitriles is 1. The summed E-state index contributed by atoms with van der Waals surface area (Å²) in [6.45, 7) is 2.35. The summed E-state index contributed by atoms with van der Waals surface area (Å²) in [6.07, 6.45) is 5.88. The van der Waals surface area contributed by atoms with Crippen molar-refractivity contribution in [3.05, 3.63) is 41.6 Å². The van der Waals surface area contributed by atoms with Crippen molar-refractivity contribution < 1.29 is 9.53 Å². The first-order valence-corrected chi connectivity index (χ1v) is 8.00. The Hall–Kier alpha value is -2.48. The topological polar surface area (TPSA) is 65.4 Å². The molecule has 1 fully saturated rings. The van der Waals surface area contributed by atoms with Crippen LogP contribution in [0.2, 0.25) is 0 Å². The fourth-order valence-electron chi connectivity index (χ4n) is 2.58. The average molecular weight is 313 g/mol. The third-order valence-electron chi connectivity index (χ3n) is 3.93. The van der Waals surface area contributed by atoms with Crippen LogP contribution in [-0.4, -0.2) is 37.6 Å². The van der Waals surface area contributed by atoms with Crippen LogP contribution in [0.5, 0.6) is 5.75 Å². The third-order valence-corrected chi connectivity index (χ3v) is 3.93. The van der Waals surface area contributed by atoms with Gasteiger partial charge in [-0.05, 0) is 43.4 Å². The van der Waals surface area contributed by atoms with E-state index in [2.05, 4.69) is 10.2 Å². The lowest BCUT2D eigenvalue weighted by molar-refractivity contribution is -0.117. The number of methoxy groups -OCH3 is 1. The van der Waals surface area contributed by atoms with E-state index in [9.17, 15) is 10.1 Å². The maximum atomic E-state index is 12.1. The molecule has 5 nitrogen and oxygen atoms in total. The second kappa shape index (κ2) is 8.84. The van der Waals surface area contributed by atoms with E-state index >= 15 is 0 Å². The summed E-state index contributed by atoms with van der Waals surface area (Å²) in [5.41, 5.74) is 1.30. The minimum atomic E-state index is -0.299. The zero-order valence-corrected chi connectivity index (χ0v) is 13.5. The molecule has 0 spiro atoms. The van der Waals surface area contributed by atoms with Gasteiger partial charge < -0.3 is 15.0 Å². The standard InChI is InChI=1S/C18H23N3O2/c1-23-17-7-5-15(6-8-17)9-10-20-18(22)16(13-19)14-21-11-3-2-4-12-21/h5-8,14H,2-4,9-12H2,1H3,(H,20,22)/b16-14-. The van der Waals surface area contributed by atoms with E-state index in [1.54, 1.807) is 13.3 Å². The molecule has 0 unspecified atom stereocenters. The van der Waals surface area contributed by atoms with Gasteiger partial charge in [-0.15, -0.1) is 0 Å². The molecule has 1 amide bonds. The highest BCUT2D eigenvalue weighted by atomic mass is 16.5. The molecule has 0 saturated carbocycles. The average Bonchev–Trinajstić information content (AvgIpc) is 2.61. The minimum Gasteiger partial charge on any atom is -0.497 e. The largest absolute Gasteiger partial charge is 0.497 e. The van der Waals surface area contributed by atoms with Gasteiger partial charge in [0.1, 0.15) is 17.4 Å². The highest BCUT2D eigenvalue weighted by molar-refractivity contribution is 5.97. The Morgan fingerprint density at radius 3 is 2.61 bits per heavy atom. The summed E-state index contributed by atoms with van der Waals surface area (Å²) >= 11 is 0. The first-order valence-electron chi connectivity index (χ1n) is 8.00. The predicted octanol–water partition coefficient (Wildman–Crippen LogP) is 2.25. The molecule has 0 aliphatic carbocycles. The van der Waals surface area contributed by atoms with Crippen LogP contribution in [0.4, 0.5) is 0 Å². The summed E-state index contributed by atoms with van der Waals surface area (Å²) in [4.78, 5) is 14.2. The number of hydrogen-bond donors (Lipinski definition) is 1. The molecule has 0 bridgehead atoms. The van der Waals surface area contributed by atoms with E-state index in [1.165, 1.54) is 6.42 Å². The minimum absolute atomic E-state index is 0.182. The summed E-state index contributed by atoms with van der Waals surface area (Å²) in [6, 6.07) is 9.74. The second-order valence-electron chi connectivity index (χ2n) is 5.61. The van der Waals surface area contributed by atoms with Crippen molar-refractivity contribution in [1.29, 1.82) is 5.26 Å². The van der Waals surface area contributed by atoms with Gasteiger partial charge in [0.2, 0.25) is 0 Å². The molecule has 2 rings (SSSR count). The molecular weight excluding hydrogens is 290 g/mol. The number of carbonyl (C=O) groups is 1. The lowest BCUT2D eigenvalue weighted by Crippen LogP contribution is -2.30. The van der Waals surface area contributed by atoms with Crippen molar-refractivity contribution in [3.63, 3.8) is 0 Å². The van der Waals surface area contributed by atoms with E-state index in [4.69, 9.17) is 4.74 Å². The van der Waals surface area contributed by atoms with Crippen molar-refractivity contribution in [1.82, 2.24) is 10.2 Å². The molecule has 122 valence electrons. The smallest absolute Gasteiger partial charge is 0.263 e. The molecule has 1 heterocycles. The van der Waals surface area contributed by atoms with Gasteiger partial charge in [-0.1, -0.05) is 12.1 Å². The Morgan fingerprint density at radius 2 is 2.00 bits per heavy atom. The Balaban J connectivity index is 1.82. The number of likely N-dealkylation sites (tertiary alicyclic amines) is 1. The van der Waals surface area contributed by atoms with Gasteiger partial charge in [-0.3, -0.25) is 4.79 Å². The van der Waals surface area contributed by atoms with E-state index in [1.807, 2.05) is 30.3 Å². The number of hydrogen-bond acceptors (Lipinski definition) is 4. The number of ether oxygens (including phenoxy) is 1. The van der Waals surface area contributed by atoms with Crippen LogP contribution in [0.3, 0.4) is 0 Å². The number of carbonyl (C=O) groups excluding carboxylic acids is 1. The highest BCUT2D eigenvalue weighted by Crippen LogP contribution is 2.12. The van der Waals surface area contributed by atoms with Crippen LogP contribution < -0.4 is 10.1 Å². The van der Waals surface area contributed by atoms with E-state index < -0.39 is 0 Å². The summed E-state index contributed by atoms with van der Waals surface area (Å²) < 4.78 is 5.11. The van der Waals surface area contributed by atoms with Crippen LogP contribution >= 0.6 is 0 Å². The predicted molar refractivity (Wildman–Crippen MR) is 88.8 cm³/mol. The van der Waals surface area contributed by atoms with Crippen molar-refractivity contribution in [2.24, 2.45) is 0 Å². The fourth-order valence-corrected chi connectivity index (χ4v) is 2.58. The summed E-state index contributed by atoms with van der Waals surface area (Å²) in [7, 11) is 1.63. The molecule has 0 aromatic heterocycles. The Labute approximate surface area is 137 Å². The van der Waals surface area contributed by atoms with Crippen LogP contribution in [0, 0.1) is 11.3 Å². The van der Waals surface area contributed by atoms with Crippen LogP contribution in [-0.2, 0) is 11.2 Å². The lowest BCUT2D eigenvalue weighted by Gasteiger charge is -2.25. The van der Waals surface area contributed by atoms with Crippen LogP contribution in [0.15, 0.2) is 36.0 Å². The molecule has 1 aliphatic rings. The normalized spacial score (nSPS) is 15.0. The fraction of sp³-hybridized carbons (Fsp3) is 0.444. The van der Waals surface area contributed by atoms with Gasteiger partial charge in [-0.2, -0.15) is 5.26 Å². The van der Waals surface area contributed by atoms with Crippen molar-refractivity contribution in [3.8, 4) is 11.8 Å². The van der Waals surface area contributed by atoms with Gasteiger partial charge in [0.25, 0.3) is 5.91 Å². The van der Waals surface area contributed by atoms with Gasteiger partial charge in [-0.25, -0.2) is 0 Å². The Bertz CT molecular complexity index is 581. The molecule has 1 N–H and O–H groups in total. The monoisotopic (exact) mass is 313 g/mol. The van der Waals surface area contributed by atoms with Gasteiger partial charge >= 0.3 is 0 Å². The Kier molecular flexibility index (Phi) is 6.49. The number of benzene rings is 1. The molecule has 1 aromatic carbocycles. The third kappa shape index (κ3) is 5.33. The molecule has 5 heteroatoms. The zero-order valence-electron chi connectivity index (χ0n) is 13.5. The number of amides is 1. The maximum Gasteiger partial charge on any atom is 0.263 e. The molecule has 0 atom stereocenters. The molecular formula is C18H23N3O2. The van der Waals surface area contributed by atoms with Gasteiger partial charge in [0, 0.05) is 25.8 Å². The van der Waals surface area contributed by atoms with Crippen molar-refractivity contribution >= 4 is 5.91 Å². The maximum absolute atomic E-state index is 12.1. The number of nitrogens with one attached hydrogen (secondary N) is 1. The number of piperidine rings is 1.